The molecule has 1 rings (SSSR count). The molecule has 0 atom stereocenters. The molecule has 0 radical (unpaired) electrons. The second-order valence-corrected chi connectivity index (χ2v) is 4.99. The number of nitrogens with zero attached hydrogens (tertiary/aromatic N) is 1. The minimum atomic E-state index is -0.0450. The summed E-state index contributed by atoms with van der Waals surface area (Å²) < 4.78 is 0. The fourth-order valence-electron chi connectivity index (χ4n) is 2.01. The van der Waals surface area contributed by atoms with Gasteiger partial charge in [0.15, 0.2) is 0 Å². The summed E-state index contributed by atoms with van der Waals surface area (Å²) in [5.41, 5.74) is -0.0450. The van der Waals surface area contributed by atoms with Gasteiger partial charge in [0.05, 0.1) is 0 Å². The summed E-state index contributed by atoms with van der Waals surface area (Å²) in [6.07, 6.45) is 2.97. The molecule has 2 N–H and O–H groups in total. The summed E-state index contributed by atoms with van der Waals surface area (Å²) in [6, 6.07) is 0. The molecule has 1 fully saturated rings. The molecule has 3 heteroatoms. The molecule has 1 heterocycles. The third-order valence-electron chi connectivity index (χ3n) is 2.87. The van der Waals surface area contributed by atoms with Crippen LogP contribution >= 0.6 is 0 Å². The van der Waals surface area contributed by atoms with Gasteiger partial charge < -0.3 is 4.90 Å². The lowest BCUT2D eigenvalue weighted by molar-refractivity contribution is 0.245. The van der Waals surface area contributed by atoms with Gasteiger partial charge in [0.25, 0.3) is 0 Å². The Balaban J connectivity index is 2.91. The fourth-order valence-corrected chi connectivity index (χ4v) is 2.01. The van der Waals surface area contributed by atoms with Crippen molar-refractivity contribution in [2.75, 3.05) is 0 Å². The van der Waals surface area contributed by atoms with E-state index >= 15 is 0 Å². The van der Waals surface area contributed by atoms with E-state index in [9.17, 15) is 0 Å². The van der Waals surface area contributed by atoms with Crippen LogP contribution in [0.25, 0.3) is 0 Å². The molecule has 3 nitrogen and oxygen atoms in total. The zero-order valence-corrected chi connectivity index (χ0v) is 9.65. The molecule has 1 aliphatic heterocycles. The molecule has 0 spiro atoms. The first kappa shape index (κ1) is 11.2. The maximum absolute atomic E-state index is 8.01. The van der Waals surface area contributed by atoms with Crippen LogP contribution in [0.5, 0.6) is 0 Å². The van der Waals surface area contributed by atoms with Gasteiger partial charge in [-0.15, -0.1) is 0 Å². The molecule has 0 aromatic heterocycles. The lowest BCUT2D eigenvalue weighted by atomic mass is 9.88. The number of nitrogens with one attached hydrogen (secondary N) is 2. The van der Waals surface area contributed by atoms with E-state index in [4.69, 9.17) is 10.8 Å². The molecule has 80 valence electrons. The molecule has 0 aromatic carbocycles. The van der Waals surface area contributed by atoms with Crippen LogP contribution in [0.15, 0.2) is 0 Å². The molecular weight excluding hydrogens is 174 g/mol. The van der Waals surface area contributed by atoms with E-state index in [2.05, 4.69) is 13.8 Å². The maximum Gasteiger partial charge on any atom is 0.104 e. The third kappa shape index (κ3) is 1.97. The molecular formula is C11H21N3. The van der Waals surface area contributed by atoms with Crippen LogP contribution in [0.1, 0.15) is 47.0 Å². The fraction of sp³-hybridized carbons (Fsp3) is 0.818. The Labute approximate surface area is 86.5 Å². The molecule has 0 unspecified atom stereocenters. The number of likely N-dealkylation sites (tertiary alicyclic amines) is 1. The smallest absolute Gasteiger partial charge is 0.104 e. The van der Waals surface area contributed by atoms with Gasteiger partial charge in [-0.1, -0.05) is 13.8 Å². The van der Waals surface area contributed by atoms with Crippen LogP contribution in [0.4, 0.5) is 0 Å². The Kier molecular flexibility index (Phi) is 2.98. The molecule has 0 bridgehead atoms. The van der Waals surface area contributed by atoms with Crippen LogP contribution in [-0.2, 0) is 0 Å². The highest BCUT2D eigenvalue weighted by atomic mass is 15.3. The van der Waals surface area contributed by atoms with E-state index in [1.165, 1.54) is 0 Å². The van der Waals surface area contributed by atoms with Crippen molar-refractivity contribution >= 4 is 11.7 Å². The van der Waals surface area contributed by atoms with E-state index in [1.54, 1.807) is 0 Å². The standard InChI is InChI=1S/C11H21N3/c1-8(2)10(13)14-9(12)6-5-7-11(14,3)4/h8,12-13H,5-7H2,1-4H3. The van der Waals surface area contributed by atoms with Crippen molar-refractivity contribution in [3.05, 3.63) is 0 Å². The van der Waals surface area contributed by atoms with Gasteiger partial charge in [-0.05, 0) is 26.7 Å². The van der Waals surface area contributed by atoms with Crippen molar-refractivity contribution < 1.29 is 0 Å². The highest BCUT2D eigenvalue weighted by Gasteiger charge is 2.35. The molecule has 1 aliphatic rings. The Bertz CT molecular complexity index is 253. The first-order valence-electron chi connectivity index (χ1n) is 5.32. The van der Waals surface area contributed by atoms with Crippen molar-refractivity contribution in [3.8, 4) is 0 Å². The molecule has 14 heavy (non-hydrogen) atoms. The molecule has 1 saturated heterocycles. The average Bonchev–Trinajstić information content (AvgIpc) is 2.01. The minimum absolute atomic E-state index is 0.0450. The number of piperidine rings is 1. The number of amidine groups is 2. The van der Waals surface area contributed by atoms with Crippen LogP contribution in [0, 0.1) is 16.7 Å². The summed E-state index contributed by atoms with van der Waals surface area (Å²) in [5, 5.41) is 15.9. The van der Waals surface area contributed by atoms with Crippen LogP contribution in [0.2, 0.25) is 0 Å². The second kappa shape index (κ2) is 3.71. The van der Waals surface area contributed by atoms with Gasteiger partial charge in [-0.2, -0.15) is 0 Å². The normalized spacial score (nSPS) is 21.5. The van der Waals surface area contributed by atoms with Crippen LogP contribution in [0.3, 0.4) is 0 Å². The SMILES string of the molecule is CC(C)C(=N)N1C(=N)CCCC1(C)C. The summed E-state index contributed by atoms with van der Waals surface area (Å²) in [5.74, 6) is 1.40. The number of hydrogen-bond donors (Lipinski definition) is 2. The molecule has 0 aliphatic carbocycles. The minimum Gasteiger partial charge on any atom is -0.313 e. The highest BCUT2D eigenvalue weighted by molar-refractivity contribution is 6.00. The van der Waals surface area contributed by atoms with E-state index in [0.717, 1.165) is 19.3 Å². The predicted molar refractivity (Wildman–Crippen MR) is 60.1 cm³/mol. The first-order valence-corrected chi connectivity index (χ1v) is 5.32. The van der Waals surface area contributed by atoms with Crippen LogP contribution < -0.4 is 0 Å². The summed E-state index contributed by atoms with van der Waals surface area (Å²) in [6.45, 7) is 8.27. The van der Waals surface area contributed by atoms with Crippen molar-refractivity contribution in [2.24, 2.45) is 5.92 Å². The van der Waals surface area contributed by atoms with Gasteiger partial charge in [0.2, 0.25) is 0 Å². The molecule has 0 amide bonds. The molecule has 0 saturated carbocycles. The highest BCUT2D eigenvalue weighted by Crippen LogP contribution is 2.29. The number of rotatable bonds is 1. The summed E-state index contributed by atoms with van der Waals surface area (Å²) in [4.78, 5) is 1.90. The van der Waals surface area contributed by atoms with Gasteiger partial charge >= 0.3 is 0 Å². The second-order valence-electron chi connectivity index (χ2n) is 4.99. The van der Waals surface area contributed by atoms with E-state index in [1.807, 2.05) is 18.7 Å². The third-order valence-corrected chi connectivity index (χ3v) is 2.87. The van der Waals surface area contributed by atoms with Crippen molar-refractivity contribution in [1.82, 2.24) is 4.90 Å². The lowest BCUT2D eigenvalue weighted by Gasteiger charge is -2.45. The largest absolute Gasteiger partial charge is 0.313 e. The Morgan fingerprint density at radius 3 is 2.43 bits per heavy atom. The van der Waals surface area contributed by atoms with Crippen LogP contribution in [-0.4, -0.2) is 22.1 Å². The van der Waals surface area contributed by atoms with Gasteiger partial charge in [-0.25, -0.2) is 0 Å². The monoisotopic (exact) mass is 195 g/mol. The quantitative estimate of drug-likeness (QED) is 0.490. The Morgan fingerprint density at radius 2 is 2.00 bits per heavy atom. The maximum atomic E-state index is 8.01. The van der Waals surface area contributed by atoms with Crippen molar-refractivity contribution in [1.29, 1.82) is 10.8 Å². The van der Waals surface area contributed by atoms with E-state index < -0.39 is 0 Å². The van der Waals surface area contributed by atoms with E-state index in [-0.39, 0.29) is 11.5 Å². The van der Waals surface area contributed by atoms with Gasteiger partial charge in [-0.3, -0.25) is 10.8 Å². The topological polar surface area (TPSA) is 50.9 Å². The first-order chi connectivity index (χ1) is 6.36. The lowest BCUT2D eigenvalue weighted by Crippen LogP contribution is -2.54. The average molecular weight is 195 g/mol. The van der Waals surface area contributed by atoms with Gasteiger partial charge in [0, 0.05) is 17.9 Å². The summed E-state index contributed by atoms with van der Waals surface area (Å²) >= 11 is 0. The Morgan fingerprint density at radius 1 is 1.43 bits per heavy atom. The summed E-state index contributed by atoms with van der Waals surface area (Å²) in [7, 11) is 0. The van der Waals surface area contributed by atoms with Gasteiger partial charge in [0.1, 0.15) is 11.7 Å². The zero-order chi connectivity index (χ0) is 10.9. The van der Waals surface area contributed by atoms with Crippen molar-refractivity contribution in [3.63, 3.8) is 0 Å². The Hall–Kier alpha value is -0.860. The van der Waals surface area contributed by atoms with Crippen molar-refractivity contribution in [2.45, 2.75) is 52.5 Å². The predicted octanol–water partition coefficient (Wildman–Crippen LogP) is 2.86. The zero-order valence-electron chi connectivity index (χ0n) is 9.65. The van der Waals surface area contributed by atoms with E-state index in [0.29, 0.717) is 11.7 Å². The number of hydrogen-bond acceptors (Lipinski definition) is 2. The molecule has 0 aromatic rings.